The summed E-state index contributed by atoms with van der Waals surface area (Å²) in [4.78, 5) is 7.11. The van der Waals surface area contributed by atoms with Gasteiger partial charge in [0.2, 0.25) is 9.84 Å². The second-order valence-electron chi connectivity index (χ2n) is 4.56. The number of nitrogens with one attached hydrogen (secondary N) is 1. The predicted octanol–water partition coefficient (Wildman–Crippen LogP) is 2.48. The second kappa shape index (κ2) is 4.24. The maximum Gasteiger partial charge on any atom is 0.223 e. The van der Waals surface area contributed by atoms with Crippen LogP contribution >= 0.6 is 0 Å². The quantitative estimate of drug-likeness (QED) is 0.906. The van der Waals surface area contributed by atoms with Crippen molar-refractivity contribution in [3.8, 4) is 0 Å². The van der Waals surface area contributed by atoms with Crippen molar-refractivity contribution in [2.24, 2.45) is 0 Å². The standard InChI is InChI=1S/C13H16N2O2S/c1-8-5-9(2)13(10(3)6-8)18(16,17)12-7-14-11(4)15-12/h5-7H,1-4H3,(H,14,15). The van der Waals surface area contributed by atoms with Crippen molar-refractivity contribution >= 4 is 9.84 Å². The van der Waals surface area contributed by atoms with Crippen LogP contribution in [-0.4, -0.2) is 18.4 Å². The van der Waals surface area contributed by atoms with Crippen LogP contribution in [0.2, 0.25) is 0 Å². The minimum atomic E-state index is -3.51. The molecule has 0 atom stereocenters. The van der Waals surface area contributed by atoms with Crippen molar-refractivity contribution in [2.75, 3.05) is 0 Å². The molecule has 0 spiro atoms. The lowest BCUT2D eigenvalue weighted by Crippen LogP contribution is -2.07. The van der Waals surface area contributed by atoms with E-state index in [1.165, 1.54) is 6.20 Å². The first-order valence-corrected chi connectivity index (χ1v) is 7.15. The topological polar surface area (TPSA) is 62.8 Å². The first-order chi connectivity index (χ1) is 8.32. The maximum atomic E-state index is 12.5. The van der Waals surface area contributed by atoms with Crippen LogP contribution in [0.15, 0.2) is 28.3 Å². The average molecular weight is 264 g/mol. The molecule has 2 rings (SSSR count). The third-order valence-corrected chi connectivity index (χ3v) is 4.81. The fourth-order valence-electron chi connectivity index (χ4n) is 2.24. The largest absolute Gasteiger partial charge is 0.333 e. The molecule has 0 saturated carbocycles. The van der Waals surface area contributed by atoms with Crippen LogP contribution in [0.1, 0.15) is 22.5 Å². The van der Waals surface area contributed by atoms with Crippen LogP contribution < -0.4 is 0 Å². The number of nitrogens with zero attached hydrogens (tertiary/aromatic N) is 1. The van der Waals surface area contributed by atoms with Crippen molar-refractivity contribution in [3.05, 3.63) is 40.8 Å². The summed E-state index contributed by atoms with van der Waals surface area (Å²) < 4.78 is 25.1. The number of H-pyrrole nitrogens is 1. The number of sulfone groups is 1. The third kappa shape index (κ3) is 2.06. The van der Waals surface area contributed by atoms with Gasteiger partial charge in [-0.15, -0.1) is 0 Å². The Balaban J connectivity index is 2.69. The minimum absolute atomic E-state index is 0.148. The first-order valence-electron chi connectivity index (χ1n) is 5.67. The number of hydrogen-bond donors (Lipinski definition) is 1. The molecule has 96 valence electrons. The van der Waals surface area contributed by atoms with E-state index in [1.54, 1.807) is 6.92 Å². The summed E-state index contributed by atoms with van der Waals surface area (Å²) in [6, 6.07) is 3.76. The van der Waals surface area contributed by atoms with E-state index < -0.39 is 9.84 Å². The van der Waals surface area contributed by atoms with E-state index in [0.29, 0.717) is 10.7 Å². The predicted molar refractivity (Wildman–Crippen MR) is 69.4 cm³/mol. The molecule has 0 radical (unpaired) electrons. The Hall–Kier alpha value is -1.62. The highest BCUT2D eigenvalue weighted by atomic mass is 32.2. The summed E-state index contributed by atoms with van der Waals surface area (Å²) in [5, 5.41) is 0.148. The number of hydrogen-bond acceptors (Lipinski definition) is 3. The highest BCUT2D eigenvalue weighted by Crippen LogP contribution is 2.27. The van der Waals surface area contributed by atoms with E-state index in [0.717, 1.165) is 16.7 Å². The molecule has 0 fully saturated rings. The summed E-state index contributed by atoms with van der Waals surface area (Å²) >= 11 is 0. The molecule has 0 unspecified atom stereocenters. The van der Waals surface area contributed by atoms with Crippen LogP contribution in [0.3, 0.4) is 0 Å². The molecule has 0 aliphatic heterocycles. The summed E-state index contributed by atoms with van der Waals surface area (Å²) in [6.45, 7) is 7.32. The summed E-state index contributed by atoms with van der Waals surface area (Å²) in [5.74, 6) is 0.594. The number of aryl methyl sites for hydroxylation is 4. The smallest absolute Gasteiger partial charge is 0.223 e. The van der Waals surface area contributed by atoms with Gasteiger partial charge in [0, 0.05) is 0 Å². The molecule has 0 saturated heterocycles. The Morgan fingerprint density at radius 3 is 2.06 bits per heavy atom. The summed E-state index contributed by atoms with van der Waals surface area (Å²) in [7, 11) is -3.51. The molecule has 1 aromatic carbocycles. The highest BCUT2D eigenvalue weighted by molar-refractivity contribution is 7.91. The van der Waals surface area contributed by atoms with Gasteiger partial charge in [0.15, 0.2) is 5.03 Å². The Labute approximate surface area is 107 Å². The van der Waals surface area contributed by atoms with Gasteiger partial charge in [0.25, 0.3) is 0 Å². The highest BCUT2D eigenvalue weighted by Gasteiger charge is 2.24. The molecule has 1 aromatic heterocycles. The van der Waals surface area contributed by atoms with E-state index in [2.05, 4.69) is 9.97 Å². The van der Waals surface area contributed by atoms with Gasteiger partial charge < -0.3 is 4.98 Å². The zero-order valence-electron chi connectivity index (χ0n) is 10.9. The zero-order chi connectivity index (χ0) is 13.5. The summed E-state index contributed by atoms with van der Waals surface area (Å²) in [6.07, 6.45) is 1.36. The van der Waals surface area contributed by atoms with Gasteiger partial charge >= 0.3 is 0 Å². The lowest BCUT2D eigenvalue weighted by molar-refractivity contribution is 0.591. The minimum Gasteiger partial charge on any atom is -0.333 e. The molecule has 2 aromatic rings. The van der Waals surface area contributed by atoms with E-state index in [-0.39, 0.29) is 5.03 Å². The van der Waals surface area contributed by atoms with Crippen LogP contribution in [0, 0.1) is 27.7 Å². The van der Waals surface area contributed by atoms with E-state index in [1.807, 2.05) is 32.9 Å². The maximum absolute atomic E-state index is 12.5. The molecular formula is C13H16N2O2S. The Morgan fingerprint density at radius 1 is 1.06 bits per heavy atom. The molecule has 0 aliphatic carbocycles. The van der Waals surface area contributed by atoms with Crippen molar-refractivity contribution < 1.29 is 8.42 Å². The van der Waals surface area contributed by atoms with Gasteiger partial charge in [-0.25, -0.2) is 13.4 Å². The second-order valence-corrected chi connectivity index (χ2v) is 6.42. The molecule has 1 N–H and O–H groups in total. The van der Waals surface area contributed by atoms with Crippen LogP contribution in [0.25, 0.3) is 0 Å². The normalized spacial score (nSPS) is 11.8. The molecular weight excluding hydrogens is 248 g/mol. The third-order valence-electron chi connectivity index (χ3n) is 2.84. The van der Waals surface area contributed by atoms with Crippen molar-refractivity contribution in [1.82, 2.24) is 9.97 Å². The van der Waals surface area contributed by atoms with Gasteiger partial charge in [-0.3, -0.25) is 0 Å². The Bertz CT molecular complexity index is 677. The van der Waals surface area contributed by atoms with Gasteiger partial charge in [-0.2, -0.15) is 0 Å². The molecule has 4 nitrogen and oxygen atoms in total. The number of aromatic nitrogens is 2. The van der Waals surface area contributed by atoms with Gasteiger partial charge in [0.1, 0.15) is 5.82 Å². The average Bonchev–Trinajstić information content (AvgIpc) is 2.63. The summed E-state index contributed by atoms with van der Waals surface area (Å²) in [5.41, 5.74) is 2.59. The molecule has 0 aliphatic rings. The monoisotopic (exact) mass is 264 g/mol. The lowest BCUT2D eigenvalue weighted by atomic mass is 10.1. The fourth-order valence-corrected chi connectivity index (χ4v) is 3.89. The first kappa shape index (κ1) is 12.8. The SMILES string of the molecule is Cc1cc(C)c(S(=O)(=O)c2cnc(C)[nH]2)c(C)c1. The van der Waals surface area contributed by atoms with Gasteiger partial charge in [-0.1, -0.05) is 17.7 Å². The van der Waals surface area contributed by atoms with Crippen molar-refractivity contribution in [2.45, 2.75) is 37.6 Å². The van der Waals surface area contributed by atoms with Crippen LogP contribution in [0.5, 0.6) is 0 Å². The molecule has 1 heterocycles. The Kier molecular flexibility index (Phi) is 3.02. The molecule has 0 amide bonds. The van der Waals surface area contributed by atoms with E-state index >= 15 is 0 Å². The fraction of sp³-hybridized carbons (Fsp3) is 0.308. The van der Waals surface area contributed by atoms with Gasteiger partial charge in [0.05, 0.1) is 11.1 Å². The van der Waals surface area contributed by atoms with Crippen LogP contribution in [0.4, 0.5) is 0 Å². The van der Waals surface area contributed by atoms with E-state index in [4.69, 9.17) is 0 Å². The number of imidazole rings is 1. The van der Waals surface area contributed by atoms with Crippen molar-refractivity contribution in [3.63, 3.8) is 0 Å². The number of aromatic amines is 1. The lowest BCUT2D eigenvalue weighted by Gasteiger charge is -2.10. The number of rotatable bonds is 2. The van der Waals surface area contributed by atoms with Crippen LogP contribution in [-0.2, 0) is 9.84 Å². The van der Waals surface area contributed by atoms with E-state index in [9.17, 15) is 8.42 Å². The zero-order valence-corrected chi connectivity index (χ0v) is 11.7. The van der Waals surface area contributed by atoms with Crippen molar-refractivity contribution in [1.29, 1.82) is 0 Å². The molecule has 0 bridgehead atoms. The molecule has 18 heavy (non-hydrogen) atoms. The van der Waals surface area contributed by atoms with Gasteiger partial charge in [-0.05, 0) is 38.8 Å². The molecule has 5 heteroatoms. The Morgan fingerprint density at radius 2 is 1.61 bits per heavy atom. The number of benzene rings is 1.